The summed E-state index contributed by atoms with van der Waals surface area (Å²) in [7, 11) is 0. The molecule has 1 amide bonds. The molecule has 0 spiro atoms. The lowest BCUT2D eigenvalue weighted by Gasteiger charge is -2.20. The summed E-state index contributed by atoms with van der Waals surface area (Å²) in [4.78, 5) is 21.4. The summed E-state index contributed by atoms with van der Waals surface area (Å²) in [6, 6.07) is 8.28. The van der Waals surface area contributed by atoms with Crippen LogP contribution in [0.5, 0.6) is 5.88 Å². The Hall–Kier alpha value is -2.47. The minimum atomic E-state index is -0.295. The second-order valence-corrected chi connectivity index (χ2v) is 7.82. The largest absolute Gasteiger partial charge is 0.467 e. The number of amides is 1. The fourth-order valence-corrected chi connectivity index (χ4v) is 3.40. The average molecular weight is 355 g/mol. The van der Waals surface area contributed by atoms with Gasteiger partial charge in [-0.2, -0.15) is 0 Å². The van der Waals surface area contributed by atoms with Crippen molar-refractivity contribution in [1.82, 2.24) is 15.3 Å². The van der Waals surface area contributed by atoms with Crippen molar-refractivity contribution in [2.24, 2.45) is 0 Å². The van der Waals surface area contributed by atoms with Gasteiger partial charge < -0.3 is 10.1 Å². The molecule has 0 bridgehead atoms. The molecule has 6 heteroatoms. The van der Waals surface area contributed by atoms with Gasteiger partial charge in [-0.1, -0.05) is 29.8 Å². The highest BCUT2D eigenvalue weighted by atomic mass is 32.1. The third-order valence-corrected chi connectivity index (χ3v) is 4.44. The molecule has 5 nitrogen and oxygen atoms in total. The van der Waals surface area contributed by atoms with Gasteiger partial charge in [0.1, 0.15) is 11.2 Å². The van der Waals surface area contributed by atoms with E-state index in [1.165, 1.54) is 23.2 Å². The molecule has 0 saturated carbocycles. The zero-order valence-electron chi connectivity index (χ0n) is 14.8. The van der Waals surface area contributed by atoms with Crippen molar-refractivity contribution in [3.63, 3.8) is 0 Å². The van der Waals surface area contributed by atoms with Crippen LogP contribution in [0.25, 0.3) is 21.3 Å². The Morgan fingerprint density at radius 2 is 1.92 bits per heavy atom. The van der Waals surface area contributed by atoms with Crippen LogP contribution in [-0.2, 0) is 4.79 Å². The Kier molecular flexibility index (Phi) is 4.72. The molecule has 0 radical (unpaired) electrons. The van der Waals surface area contributed by atoms with Crippen LogP contribution in [0.15, 0.2) is 36.0 Å². The van der Waals surface area contributed by atoms with Gasteiger partial charge in [0, 0.05) is 16.5 Å². The molecule has 3 rings (SSSR count). The molecule has 2 heterocycles. The molecule has 0 fully saturated rings. The number of benzene rings is 1. The predicted octanol–water partition coefficient (Wildman–Crippen LogP) is 3.96. The van der Waals surface area contributed by atoms with Crippen molar-refractivity contribution in [2.75, 3.05) is 6.61 Å². The number of aromatic nitrogens is 2. The van der Waals surface area contributed by atoms with Crippen LogP contribution in [-0.4, -0.2) is 28.0 Å². The highest BCUT2D eigenvalue weighted by Crippen LogP contribution is 2.37. The van der Waals surface area contributed by atoms with E-state index in [9.17, 15) is 4.79 Å². The lowest BCUT2D eigenvalue weighted by atomic mass is 10.0. The van der Waals surface area contributed by atoms with Crippen LogP contribution in [0.1, 0.15) is 26.3 Å². The number of carbonyl (C=O) groups is 1. The summed E-state index contributed by atoms with van der Waals surface area (Å²) in [6.07, 6.45) is 1.47. The lowest BCUT2D eigenvalue weighted by Crippen LogP contribution is -2.43. The molecule has 0 aliphatic carbocycles. The normalized spacial score (nSPS) is 11.5. The van der Waals surface area contributed by atoms with E-state index in [0.29, 0.717) is 5.88 Å². The summed E-state index contributed by atoms with van der Waals surface area (Å²) in [6.45, 7) is 7.78. The maximum atomic E-state index is 12.0. The van der Waals surface area contributed by atoms with Crippen LogP contribution in [0.4, 0.5) is 0 Å². The molecule has 0 aliphatic rings. The summed E-state index contributed by atoms with van der Waals surface area (Å²) >= 11 is 1.54. The second-order valence-electron chi connectivity index (χ2n) is 6.96. The molecule has 130 valence electrons. The van der Waals surface area contributed by atoms with Gasteiger partial charge in [0.05, 0.1) is 5.39 Å². The first-order valence-corrected chi connectivity index (χ1v) is 8.94. The summed E-state index contributed by atoms with van der Waals surface area (Å²) in [5.41, 5.74) is 3.01. The predicted molar refractivity (Wildman–Crippen MR) is 101 cm³/mol. The zero-order chi connectivity index (χ0) is 18.0. The summed E-state index contributed by atoms with van der Waals surface area (Å²) < 4.78 is 5.71. The topological polar surface area (TPSA) is 64.1 Å². The molecule has 0 saturated heterocycles. The molecule has 1 N–H and O–H groups in total. The first kappa shape index (κ1) is 17.4. The van der Waals surface area contributed by atoms with Gasteiger partial charge in [0.15, 0.2) is 6.61 Å². The Balaban J connectivity index is 1.90. The number of nitrogens with one attached hydrogen (secondary N) is 1. The standard InChI is InChI=1S/C19H21N3O2S/c1-12-5-7-13(8-6-12)14-10-25-18-16(14)17(20-11-21-18)24-9-15(23)22-19(2,3)4/h5-8,10-11H,9H2,1-4H3,(H,22,23). The molecule has 0 atom stereocenters. The van der Waals surface area contributed by atoms with Gasteiger partial charge in [0.25, 0.3) is 5.91 Å². The number of fused-ring (bicyclic) bond motifs is 1. The van der Waals surface area contributed by atoms with Crippen LogP contribution < -0.4 is 10.1 Å². The number of rotatable bonds is 4. The average Bonchev–Trinajstić information content (AvgIpc) is 2.97. The fraction of sp³-hybridized carbons (Fsp3) is 0.316. The van der Waals surface area contributed by atoms with Crippen LogP contribution in [0.3, 0.4) is 0 Å². The van der Waals surface area contributed by atoms with Crippen LogP contribution in [0, 0.1) is 6.92 Å². The van der Waals surface area contributed by atoms with E-state index in [-0.39, 0.29) is 18.1 Å². The minimum absolute atomic E-state index is 0.0768. The molecular formula is C19H21N3O2S. The van der Waals surface area contributed by atoms with E-state index in [2.05, 4.69) is 46.5 Å². The molecule has 1 aromatic carbocycles. The van der Waals surface area contributed by atoms with Gasteiger partial charge in [-0.05, 0) is 33.3 Å². The number of hydrogen-bond donors (Lipinski definition) is 1. The van der Waals surface area contributed by atoms with Crippen molar-refractivity contribution in [3.05, 3.63) is 41.5 Å². The Morgan fingerprint density at radius 1 is 1.20 bits per heavy atom. The highest BCUT2D eigenvalue weighted by Gasteiger charge is 2.17. The van der Waals surface area contributed by atoms with Crippen molar-refractivity contribution in [1.29, 1.82) is 0 Å². The van der Waals surface area contributed by atoms with Crippen LogP contribution in [0.2, 0.25) is 0 Å². The quantitative estimate of drug-likeness (QED) is 0.769. The van der Waals surface area contributed by atoms with Crippen molar-refractivity contribution < 1.29 is 9.53 Å². The first-order chi connectivity index (χ1) is 11.8. The molecule has 3 aromatic rings. The van der Waals surface area contributed by atoms with Gasteiger partial charge in [-0.15, -0.1) is 11.3 Å². The Labute approximate surface area is 151 Å². The minimum Gasteiger partial charge on any atom is -0.467 e. The number of thiophene rings is 1. The summed E-state index contributed by atoms with van der Waals surface area (Å²) in [5, 5.41) is 5.77. The number of nitrogens with zero attached hydrogens (tertiary/aromatic N) is 2. The van der Waals surface area contributed by atoms with Gasteiger partial charge in [-0.3, -0.25) is 4.79 Å². The van der Waals surface area contributed by atoms with E-state index in [4.69, 9.17) is 4.74 Å². The maximum absolute atomic E-state index is 12.0. The molecule has 2 aromatic heterocycles. The Bertz CT molecular complexity index is 895. The second kappa shape index (κ2) is 6.80. The van der Waals surface area contributed by atoms with E-state index in [0.717, 1.165) is 21.3 Å². The van der Waals surface area contributed by atoms with E-state index >= 15 is 0 Å². The molecular weight excluding hydrogens is 334 g/mol. The van der Waals surface area contributed by atoms with Gasteiger partial charge in [0.2, 0.25) is 5.88 Å². The highest BCUT2D eigenvalue weighted by molar-refractivity contribution is 7.17. The molecule has 0 unspecified atom stereocenters. The van der Waals surface area contributed by atoms with E-state index in [1.54, 1.807) is 0 Å². The first-order valence-electron chi connectivity index (χ1n) is 8.06. The number of hydrogen-bond acceptors (Lipinski definition) is 5. The number of aryl methyl sites for hydroxylation is 1. The SMILES string of the molecule is Cc1ccc(-c2csc3ncnc(OCC(=O)NC(C)(C)C)c23)cc1. The van der Waals surface area contributed by atoms with Crippen molar-refractivity contribution in [3.8, 4) is 17.0 Å². The Morgan fingerprint density at radius 3 is 2.60 bits per heavy atom. The zero-order valence-corrected chi connectivity index (χ0v) is 15.6. The third-order valence-electron chi connectivity index (χ3n) is 3.55. The summed E-state index contributed by atoms with van der Waals surface area (Å²) in [5.74, 6) is 0.261. The monoisotopic (exact) mass is 355 g/mol. The third kappa shape index (κ3) is 4.14. The fourth-order valence-electron chi connectivity index (χ4n) is 2.49. The van der Waals surface area contributed by atoms with Gasteiger partial charge in [-0.25, -0.2) is 9.97 Å². The van der Waals surface area contributed by atoms with E-state index < -0.39 is 0 Å². The van der Waals surface area contributed by atoms with Crippen molar-refractivity contribution >= 4 is 27.5 Å². The molecule has 0 aliphatic heterocycles. The smallest absolute Gasteiger partial charge is 0.258 e. The number of ether oxygens (including phenoxy) is 1. The molecule has 25 heavy (non-hydrogen) atoms. The lowest BCUT2D eigenvalue weighted by molar-refractivity contribution is -0.124. The van der Waals surface area contributed by atoms with Crippen molar-refractivity contribution in [2.45, 2.75) is 33.2 Å². The van der Waals surface area contributed by atoms with Crippen LogP contribution >= 0.6 is 11.3 Å². The van der Waals surface area contributed by atoms with Gasteiger partial charge >= 0.3 is 0 Å². The number of carbonyl (C=O) groups excluding carboxylic acids is 1. The maximum Gasteiger partial charge on any atom is 0.258 e. The van der Waals surface area contributed by atoms with E-state index in [1.807, 2.05) is 26.2 Å².